The van der Waals surface area contributed by atoms with Gasteiger partial charge in [0.25, 0.3) is 0 Å². The number of rotatable bonds is 4. The average Bonchev–Trinajstić information content (AvgIpc) is 2.81. The van der Waals surface area contributed by atoms with Crippen LogP contribution >= 0.6 is 0 Å². The Hall–Kier alpha value is -2.04. The standard InChI is InChI=1S/C16H22N2O3/c1-10(2)18-9-12(8-15(18)19)16(20)17-13-5-6-14(21-4)11(3)7-13/h5-7,10,12H,8-9H2,1-4H3,(H,17,20). The van der Waals surface area contributed by atoms with Crippen LogP contribution in [0.3, 0.4) is 0 Å². The van der Waals surface area contributed by atoms with E-state index < -0.39 is 0 Å². The number of methoxy groups -OCH3 is 1. The smallest absolute Gasteiger partial charge is 0.229 e. The molecule has 0 radical (unpaired) electrons. The molecule has 5 heteroatoms. The largest absolute Gasteiger partial charge is 0.496 e. The molecule has 1 aromatic carbocycles. The van der Waals surface area contributed by atoms with Gasteiger partial charge in [-0.15, -0.1) is 0 Å². The van der Waals surface area contributed by atoms with Gasteiger partial charge in [0.15, 0.2) is 0 Å². The normalized spacial score (nSPS) is 18.2. The van der Waals surface area contributed by atoms with E-state index in [1.165, 1.54) is 0 Å². The van der Waals surface area contributed by atoms with Crippen LogP contribution in [0.15, 0.2) is 18.2 Å². The predicted molar refractivity (Wildman–Crippen MR) is 81.3 cm³/mol. The van der Waals surface area contributed by atoms with Crippen molar-refractivity contribution in [3.63, 3.8) is 0 Å². The Morgan fingerprint density at radius 1 is 1.43 bits per heavy atom. The van der Waals surface area contributed by atoms with Crippen molar-refractivity contribution in [2.45, 2.75) is 33.2 Å². The second kappa shape index (κ2) is 6.16. The number of hydrogen-bond acceptors (Lipinski definition) is 3. The van der Waals surface area contributed by atoms with Crippen LogP contribution in [0.2, 0.25) is 0 Å². The molecule has 114 valence electrons. The van der Waals surface area contributed by atoms with Crippen LogP contribution in [0.4, 0.5) is 5.69 Å². The fourth-order valence-electron chi connectivity index (χ4n) is 2.61. The third kappa shape index (κ3) is 3.35. The summed E-state index contributed by atoms with van der Waals surface area (Å²) in [4.78, 5) is 25.9. The van der Waals surface area contributed by atoms with Crippen LogP contribution in [-0.4, -0.2) is 36.4 Å². The van der Waals surface area contributed by atoms with Crippen molar-refractivity contribution in [1.82, 2.24) is 4.90 Å². The lowest BCUT2D eigenvalue weighted by Crippen LogP contribution is -2.33. The third-order valence-corrected chi connectivity index (χ3v) is 3.81. The zero-order valence-corrected chi connectivity index (χ0v) is 13.0. The van der Waals surface area contributed by atoms with Gasteiger partial charge in [-0.05, 0) is 44.5 Å². The van der Waals surface area contributed by atoms with Crippen molar-refractivity contribution in [3.05, 3.63) is 23.8 Å². The maximum atomic E-state index is 12.3. The highest BCUT2D eigenvalue weighted by atomic mass is 16.5. The van der Waals surface area contributed by atoms with Gasteiger partial charge in [0.05, 0.1) is 13.0 Å². The van der Waals surface area contributed by atoms with E-state index in [1.807, 2.05) is 32.9 Å². The molecule has 1 heterocycles. The number of anilines is 1. The molecule has 1 aromatic rings. The van der Waals surface area contributed by atoms with Crippen LogP contribution < -0.4 is 10.1 Å². The van der Waals surface area contributed by atoms with Gasteiger partial charge >= 0.3 is 0 Å². The number of likely N-dealkylation sites (tertiary alicyclic amines) is 1. The first-order chi connectivity index (χ1) is 9.92. The van der Waals surface area contributed by atoms with Gasteiger partial charge < -0.3 is 15.0 Å². The summed E-state index contributed by atoms with van der Waals surface area (Å²) in [5.41, 5.74) is 1.69. The molecule has 5 nitrogen and oxygen atoms in total. The summed E-state index contributed by atoms with van der Waals surface area (Å²) in [6.07, 6.45) is 0.291. The van der Waals surface area contributed by atoms with E-state index in [1.54, 1.807) is 18.1 Å². The maximum Gasteiger partial charge on any atom is 0.229 e. The Morgan fingerprint density at radius 3 is 2.67 bits per heavy atom. The number of aryl methyl sites for hydroxylation is 1. The Balaban J connectivity index is 2.02. The van der Waals surface area contributed by atoms with Crippen molar-refractivity contribution in [2.75, 3.05) is 19.0 Å². The first-order valence-corrected chi connectivity index (χ1v) is 7.17. The minimum absolute atomic E-state index is 0.0519. The minimum atomic E-state index is -0.276. The third-order valence-electron chi connectivity index (χ3n) is 3.81. The molecule has 0 spiro atoms. The summed E-state index contributed by atoms with van der Waals surface area (Å²) in [7, 11) is 1.62. The summed E-state index contributed by atoms with van der Waals surface area (Å²) in [5.74, 6) is 0.462. The molecule has 0 saturated carbocycles. The number of carbonyl (C=O) groups excluding carboxylic acids is 2. The molecule has 1 unspecified atom stereocenters. The number of nitrogens with one attached hydrogen (secondary N) is 1. The average molecular weight is 290 g/mol. The monoisotopic (exact) mass is 290 g/mol. The zero-order valence-electron chi connectivity index (χ0n) is 13.0. The van der Waals surface area contributed by atoms with E-state index in [4.69, 9.17) is 4.74 Å². The Labute approximate surface area is 125 Å². The van der Waals surface area contributed by atoms with E-state index >= 15 is 0 Å². The van der Waals surface area contributed by atoms with Crippen LogP contribution in [0.5, 0.6) is 5.75 Å². The quantitative estimate of drug-likeness (QED) is 0.925. The van der Waals surface area contributed by atoms with Crippen molar-refractivity contribution in [1.29, 1.82) is 0 Å². The highest BCUT2D eigenvalue weighted by Crippen LogP contribution is 2.24. The van der Waals surface area contributed by atoms with Gasteiger partial charge in [-0.25, -0.2) is 0 Å². The molecule has 1 aliphatic heterocycles. The van der Waals surface area contributed by atoms with Gasteiger partial charge in [0.2, 0.25) is 11.8 Å². The molecule has 1 N–H and O–H groups in total. The molecular formula is C16H22N2O3. The first-order valence-electron chi connectivity index (χ1n) is 7.17. The Morgan fingerprint density at radius 2 is 2.14 bits per heavy atom. The molecule has 0 aromatic heterocycles. The molecule has 1 fully saturated rings. The molecule has 0 aliphatic carbocycles. The molecule has 0 bridgehead atoms. The second-order valence-electron chi connectivity index (χ2n) is 5.71. The van der Waals surface area contributed by atoms with Gasteiger partial charge in [-0.2, -0.15) is 0 Å². The summed E-state index contributed by atoms with van der Waals surface area (Å²) in [6.45, 7) is 6.35. The molecule has 1 atom stereocenters. The molecule has 2 rings (SSSR count). The van der Waals surface area contributed by atoms with Crippen LogP contribution in [0, 0.1) is 12.8 Å². The lowest BCUT2D eigenvalue weighted by Gasteiger charge is -2.20. The number of ether oxygens (including phenoxy) is 1. The first kappa shape index (κ1) is 15.4. The molecule has 1 saturated heterocycles. The fourth-order valence-corrected chi connectivity index (χ4v) is 2.61. The van der Waals surface area contributed by atoms with Crippen molar-refractivity contribution in [3.8, 4) is 5.75 Å². The van der Waals surface area contributed by atoms with Crippen LogP contribution in [-0.2, 0) is 9.59 Å². The van der Waals surface area contributed by atoms with Crippen molar-refractivity contribution < 1.29 is 14.3 Å². The fraction of sp³-hybridized carbons (Fsp3) is 0.500. The van der Waals surface area contributed by atoms with Gasteiger partial charge in [0, 0.05) is 24.7 Å². The number of nitrogens with zero attached hydrogens (tertiary/aromatic N) is 1. The molecular weight excluding hydrogens is 268 g/mol. The van der Waals surface area contributed by atoms with E-state index in [2.05, 4.69) is 5.32 Å². The maximum absolute atomic E-state index is 12.3. The zero-order chi connectivity index (χ0) is 15.6. The summed E-state index contributed by atoms with van der Waals surface area (Å²) in [5, 5.41) is 2.88. The van der Waals surface area contributed by atoms with E-state index in [0.29, 0.717) is 13.0 Å². The second-order valence-corrected chi connectivity index (χ2v) is 5.71. The number of carbonyl (C=O) groups is 2. The van der Waals surface area contributed by atoms with Crippen molar-refractivity contribution >= 4 is 17.5 Å². The van der Waals surface area contributed by atoms with Gasteiger partial charge in [0.1, 0.15) is 5.75 Å². The van der Waals surface area contributed by atoms with Gasteiger partial charge in [-0.1, -0.05) is 0 Å². The number of hydrogen-bond donors (Lipinski definition) is 1. The SMILES string of the molecule is COc1ccc(NC(=O)C2CC(=O)N(C(C)C)C2)cc1C. The Bertz CT molecular complexity index is 554. The van der Waals surface area contributed by atoms with E-state index in [0.717, 1.165) is 17.0 Å². The lowest BCUT2D eigenvalue weighted by atomic mass is 10.1. The van der Waals surface area contributed by atoms with Gasteiger partial charge in [-0.3, -0.25) is 9.59 Å². The predicted octanol–water partition coefficient (Wildman–Crippen LogP) is 2.20. The van der Waals surface area contributed by atoms with Crippen LogP contribution in [0.25, 0.3) is 0 Å². The number of benzene rings is 1. The molecule has 2 amide bonds. The molecule has 21 heavy (non-hydrogen) atoms. The lowest BCUT2D eigenvalue weighted by molar-refractivity contribution is -0.129. The van der Waals surface area contributed by atoms with E-state index in [-0.39, 0.29) is 23.8 Å². The summed E-state index contributed by atoms with van der Waals surface area (Å²) < 4.78 is 5.20. The summed E-state index contributed by atoms with van der Waals surface area (Å²) >= 11 is 0. The minimum Gasteiger partial charge on any atom is -0.496 e. The molecule has 1 aliphatic rings. The number of amides is 2. The van der Waals surface area contributed by atoms with E-state index in [9.17, 15) is 9.59 Å². The summed E-state index contributed by atoms with van der Waals surface area (Å²) in [6, 6.07) is 5.64. The highest BCUT2D eigenvalue weighted by molar-refractivity contribution is 5.97. The topological polar surface area (TPSA) is 58.6 Å². The van der Waals surface area contributed by atoms with Crippen molar-refractivity contribution in [2.24, 2.45) is 5.92 Å². The van der Waals surface area contributed by atoms with Crippen LogP contribution in [0.1, 0.15) is 25.8 Å². The Kier molecular flexibility index (Phi) is 4.50. The highest BCUT2D eigenvalue weighted by Gasteiger charge is 2.35.